The first-order chi connectivity index (χ1) is 15.1. The quantitative estimate of drug-likeness (QED) is 0.692. The van der Waals surface area contributed by atoms with Crippen molar-refractivity contribution in [3.8, 4) is 11.1 Å². The van der Waals surface area contributed by atoms with E-state index in [9.17, 15) is 9.90 Å². The van der Waals surface area contributed by atoms with Crippen molar-refractivity contribution in [2.75, 3.05) is 13.2 Å². The fourth-order valence-electron chi connectivity index (χ4n) is 5.26. The van der Waals surface area contributed by atoms with E-state index in [2.05, 4.69) is 29.4 Å². The molecule has 1 amide bonds. The van der Waals surface area contributed by atoms with Gasteiger partial charge in [0.25, 0.3) is 0 Å². The molecule has 160 valence electrons. The third kappa shape index (κ3) is 3.31. The lowest BCUT2D eigenvalue weighted by atomic mass is 9.98. The fraction of sp³-hybridized carbons (Fsp3) is 0.360. The van der Waals surface area contributed by atoms with Crippen LogP contribution in [0.2, 0.25) is 0 Å². The Hall–Kier alpha value is -3.12. The largest absolute Gasteiger partial charge is 0.448 e. The number of nitrogens with zero attached hydrogens (tertiary/aromatic N) is 3. The van der Waals surface area contributed by atoms with Crippen LogP contribution in [0.25, 0.3) is 11.1 Å². The second-order valence-electron chi connectivity index (χ2n) is 8.48. The minimum atomic E-state index is -0.369. The summed E-state index contributed by atoms with van der Waals surface area (Å²) in [5.74, 6) is 0.0186. The van der Waals surface area contributed by atoms with Crippen molar-refractivity contribution in [2.45, 2.75) is 37.8 Å². The standard InChI is InChI=1S/C25H27N3O3/c1-16-22(13-27(2)26-16)24-12-11-17(14-29)28(24)25(30)31-15-23-20-9-5-3-7-18(20)19-8-4-6-10-21(19)23/h3-10,13,17,23-24,29H,11-12,14-15H2,1-2H3/t17-,24?/m1/s1. The van der Waals surface area contributed by atoms with Gasteiger partial charge in [0.2, 0.25) is 0 Å². The summed E-state index contributed by atoms with van der Waals surface area (Å²) >= 11 is 0. The number of benzene rings is 2. The predicted octanol–water partition coefficient (Wildman–Crippen LogP) is 4.18. The summed E-state index contributed by atoms with van der Waals surface area (Å²) in [6.07, 6.45) is 3.14. The van der Waals surface area contributed by atoms with Gasteiger partial charge in [0.05, 0.1) is 24.4 Å². The van der Waals surface area contributed by atoms with Gasteiger partial charge in [0.15, 0.2) is 0 Å². The van der Waals surface area contributed by atoms with Crippen molar-refractivity contribution >= 4 is 6.09 Å². The third-order valence-corrected chi connectivity index (χ3v) is 6.67. The Morgan fingerprint density at radius 1 is 1.06 bits per heavy atom. The number of aromatic nitrogens is 2. The summed E-state index contributed by atoms with van der Waals surface area (Å²) in [6, 6.07) is 16.3. The van der Waals surface area contributed by atoms with Gasteiger partial charge in [0, 0.05) is 24.7 Å². The van der Waals surface area contributed by atoms with E-state index >= 15 is 0 Å². The van der Waals surface area contributed by atoms with Crippen molar-refractivity contribution in [3.05, 3.63) is 77.1 Å². The molecule has 2 heterocycles. The molecule has 1 N–H and O–H groups in total. The summed E-state index contributed by atoms with van der Waals surface area (Å²) in [6.45, 7) is 2.16. The molecule has 2 aliphatic rings. The Labute approximate surface area is 182 Å². The van der Waals surface area contributed by atoms with Crippen molar-refractivity contribution in [1.29, 1.82) is 0 Å². The molecule has 0 spiro atoms. The number of fused-ring (bicyclic) bond motifs is 3. The molecule has 6 heteroatoms. The number of aliphatic hydroxyl groups excluding tert-OH is 1. The van der Waals surface area contributed by atoms with Gasteiger partial charge in [-0.1, -0.05) is 48.5 Å². The van der Waals surface area contributed by atoms with Crippen molar-refractivity contribution in [3.63, 3.8) is 0 Å². The van der Waals surface area contributed by atoms with E-state index in [1.165, 1.54) is 22.3 Å². The van der Waals surface area contributed by atoms with Gasteiger partial charge in [0.1, 0.15) is 6.61 Å². The molecule has 0 saturated carbocycles. The smallest absolute Gasteiger partial charge is 0.410 e. The zero-order chi connectivity index (χ0) is 21.5. The molecule has 3 aromatic rings. The fourth-order valence-corrected chi connectivity index (χ4v) is 5.26. The lowest BCUT2D eigenvalue weighted by Gasteiger charge is -2.29. The van der Waals surface area contributed by atoms with Crippen LogP contribution in [0.15, 0.2) is 54.7 Å². The van der Waals surface area contributed by atoms with E-state index in [4.69, 9.17) is 4.74 Å². The van der Waals surface area contributed by atoms with Gasteiger partial charge in [-0.05, 0) is 42.0 Å². The molecule has 0 radical (unpaired) electrons. The number of hydrogen-bond donors (Lipinski definition) is 1. The van der Waals surface area contributed by atoms with E-state index in [0.717, 1.165) is 24.1 Å². The third-order valence-electron chi connectivity index (χ3n) is 6.67. The first-order valence-corrected chi connectivity index (χ1v) is 10.8. The highest BCUT2D eigenvalue weighted by atomic mass is 16.6. The van der Waals surface area contributed by atoms with Crippen LogP contribution in [0.3, 0.4) is 0 Å². The second kappa shape index (κ2) is 7.85. The zero-order valence-electron chi connectivity index (χ0n) is 17.9. The van der Waals surface area contributed by atoms with E-state index < -0.39 is 0 Å². The van der Waals surface area contributed by atoms with Crippen molar-refractivity contribution in [1.82, 2.24) is 14.7 Å². The van der Waals surface area contributed by atoms with E-state index in [1.54, 1.807) is 9.58 Å². The molecule has 1 saturated heterocycles. The first-order valence-electron chi connectivity index (χ1n) is 10.8. The number of aryl methyl sites for hydroxylation is 2. The SMILES string of the molecule is Cc1nn(C)cc1C1CC[C@H](CO)N1C(=O)OCC1c2ccccc2-c2ccccc21. The van der Waals surface area contributed by atoms with Gasteiger partial charge >= 0.3 is 6.09 Å². The van der Waals surface area contributed by atoms with Gasteiger partial charge in [-0.3, -0.25) is 9.58 Å². The Balaban J connectivity index is 1.39. The molecule has 1 aliphatic carbocycles. The number of carbonyl (C=O) groups excluding carboxylic acids is 1. The number of hydrogen-bond acceptors (Lipinski definition) is 4. The van der Waals surface area contributed by atoms with Crippen LogP contribution >= 0.6 is 0 Å². The number of ether oxygens (including phenoxy) is 1. The average molecular weight is 418 g/mol. The number of likely N-dealkylation sites (tertiary alicyclic amines) is 1. The molecule has 1 fully saturated rings. The van der Waals surface area contributed by atoms with Crippen LogP contribution in [0.4, 0.5) is 4.79 Å². The molecule has 5 rings (SSSR count). The monoisotopic (exact) mass is 417 g/mol. The highest BCUT2D eigenvalue weighted by molar-refractivity contribution is 5.79. The second-order valence-corrected chi connectivity index (χ2v) is 8.48. The lowest BCUT2D eigenvalue weighted by molar-refractivity contribution is 0.0677. The normalized spacial score (nSPS) is 20.0. The summed E-state index contributed by atoms with van der Waals surface area (Å²) in [5, 5.41) is 14.3. The van der Waals surface area contributed by atoms with Crippen LogP contribution in [0, 0.1) is 6.92 Å². The maximum atomic E-state index is 13.3. The number of carbonyl (C=O) groups is 1. The van der Waals surface area contributed by atoms with Crippen molar-refractivity contribution in [2.24, 2.45) is 7.05 Å². The van der Waals surface area contributed by atoms with Crippen LogP contribution < -0.4 is 0 Å². The van der Waals surface area contributed by atoms with E-state index in [-0.39, 0.29) is 37.3 Å². The van der Waals surface area contributed by atoms with Crippen LogP contribution in [0.5, 0.6) is 0 Å². The van der Waals surface area contributed by atoms with Gasteiger partial charge in [-0.15, -0.1) is 0 Å². The molecule has 6 nitrogen and oxygen atoms in total. The predicted molar refractivity (Wildman–Crippen MR) is 118 cm³/mol. The molecule has 1 aromatic heterocycles. The molecule has 2 atom stereocenters. The molecule has 1 aliphatic heterocycles. The summed E-state index contributed by atoms with van der Waals surface area (Å²) in [7, 11) is 1.88. The molecule has 0 bridgehead atoms. The molecular weight excluding hydrogens is 390 g/mol. The van der Waals surface area contributed by atoms with Crippen LogP contribution in [-0.2, 0) is 11.8 Å². The summed E-state index contributed by atoms with van der Waals surface area (Å²) < 4.78 is 7.67. The summed E-state index contributed by atoms with van der Waals surface area (Å²) in [5.41, 5.74) is 6.72. The Morgan fingerprint density at radius 2 is 1.71 bits per heavy atom. The molecule has 2 aromatic carbocycles. The number of aliphatic hydroxyl groups is 1. The Kier molecular flexibility index (Phi) is 5.02. The van der Waals surface area contributed by atoms with Crippen LogP contribution in [-0.4, -0.2) is 45.1 Å². The number of rotatable bonds is 4. The maximum Gasteiger partial charge on any atom is 0.410 e. The minimum Gasteiger partial charge on any atom is -0.448 e. The topological polar surface area (TPSA) is 67.6 Å². The highest BCUT2D eigenvalue weighted by Gasteiger charge is 2.40. The van der Waals surface area contributed by atoms with Gasteiger partial charge in [-0.2, -0.15) is 5.10 Å². The molecule has 1 unspecified atom stereocenters. The first kappa shape index (κ1) is 19.8. The average Bonchev–Trinajstić information content (AvgIpc) is 3.45. The van der Waals surface area contributed by atoms with Crippen molar-refractivity contribution < 1.29 is 14.6 Å². The number of amides is 1. The van der Waals surface area contributed by atoms with Gasteiger partial charge in [-0.25, -0.2) is 4.79 Å². The summed E-state index contributed by atoms with van der Waals surface area (Å²) in [4.78, 5) is 15.0. The zero-order valence-corrected chi connectivity index (χ0v) is 17.9. The van der Waals surface area contributed by atoms with Crippen LogP contribution in [0.1, 0.15) is 47.2 Å². The maximum absolute atomic E-state index is 13.3. The highest BCUT2D eigenvalue weighted by Crippen LogP contribution is 2.45. The van der Waals surface area contributed by atoms with Gasteiger partial charge < -0.3 is 9.84 Å². The molecular formula is C25H27N3O3. The molecule has 31 heavy (non-hydrogen) atoms. The Morgan fingerprint density at radius 3 is 2.29 bits per heavy atom. The Bertz CT molecular complexity index is 1080. The lowest BCUT2D eigenvalue weighted by Crippen LogP contribution is -2.40. The minimum absolute atomic E-state index is 0.0186. The van der Waals surface area contributed by atoms with E-state index in [0.29, 0.717) is 0 Å². The van der Waals surface area contributed by atoms with E-state index in [1.807, 2.05) is 44.4 Å².